The Hall–Kier alpha value is -2.52. The standard InChI is InChI=1S/C16H13N5S/c17-10-12-1-4-16(18-11-12)21(13-2-3-13)22-15-6-8-20-14(9-15)5-7-19-20/h1,4-9,11,13H,2-3H2. The van der Waals surface area contributed by atoms with Crippen molar-refractivity contribution < 1.29 is 0 Å². The molecule has 0 aliphatic heterocycles. The van der Waals surface area contributed by atoms with Crippen LogP contribution in [0.4, 0.5) is 5.82 Å². The molecule has 1 aliphatic rings. The van der Waals surface area contributed by atoms with Gasteiger partial charge < -0.3 is 0 Å². The Kier molecular flexibility index (Phi) is 3.20. The Morgan fingerprint density at radius 2 is 2.18 bits per heavy atom. The van der Waals surface area contributed by atoms with Gasteiger partial charge in [-0.3, -0.25) is 4.31 Å². The average Bonchev–Trinajstić information content (AvgIpc) is 3.30. The highest BCUT2D eigenvalue weighted by molar-refractivity contribution is 8.00. The van der Waals surface area contributed by atoms with E-state index in [1.165, 1.54) is 12.8 Å². The lowest BCUT2D eigenvalue weighted by atomic mass is 10.3. The van der Waals surface area contributed by atoms with Crippen LogP contribution in [0.5, 0.6) is 0 Å². The minimum absolute atomic E-state index is 0.520. The summed E-state index contributed by atoms with van der Waals surface area (Å²) in [7, 11) is 0. The predicted molar refractivity (Wildman–Crippen MR) is 85.5 cm³/mol. The van der Waals surface area contributed by atoms with Crippen molar-refractivity contribution in [2.75, 3.05) is 4.31 Å². The molecule has 0 radical (unpaired) electrons. The molecule has 3 aromatic rings. The molecule has 0 bridgehead atoms. The highest BCUT2D eigenvalue weighted by Gasteiger charge is 2.31. The molecule has 1 fully saturated rings. The van der Waals surface area contributed by atoms with Gasteiger partial charge in [0, 0.05) is 29.5 Å². The molecule has 1 aliphatic carbocycles. The summed E-state index contributed by atoms with van der Waals surface area (Å²) in [6.45, 7) is 0. The van der Waals surface area contributed by atoms with Crippen LogP contribution in [-0.4, -0.2) is 20.6 Å². The second kappa shape index (κ2) is 5.35. The van der Waals surface area contributed by atoms with Crippen molar-refractivity contribution in [1.82, 2.24) is 14.6 Å². The van der Waals surface area contributed by atoms with Crippen molar-refractivity contribution in [2.24, 2.45) is 0 Å². The molecule has 4 rings (SSSR count). The molecule has 0 spiro atoms. The number of hydrogen-bond acceptors (Lipinski definition) is 5. The smallest absolute Gasteiger partial charge is 0.138 e. The van der Waals surface area contributed by atoms with Crippen LogP contribution in [-0.2, 0) is 0 Å². The zero-order valence-electron chi connectivity index (χ0n) is 11.8. The van der Waals surface area contributed by atoms with Crippen LogP contribution in [0.2, 0.25) is 0 Å². The molecule has 0 aromatic carbocycles. The average molecular weight is 307 g/mol. The third-order valence-electron chi connectivity index (χ3n) is 3.56. The topological polar surface area (TPSA) is 57.2 Å². The number of pyridine rings is 2. The molecule has 0 amide bonds. The monoisotopic (exact) mass is 307 g/mol. The number of nitriles is 1. The van der Waals surface area contributed by atoms with E-state index in [9.17, 15) is 0 Å². The van der Waals surface area contributed by atoms with Crippen LogP contribution < -0.4 is 4.31 Å². The Bertz CT molecular complexity index is 845. The van der Waals surface area contributed by atoms with E-state index in [4.69, 9.17) is 5.26 Å². The zero-order chi connectivity index (χ0) is 14.9. The van der Waals surface area contributed by atoms with Crippen LogP contribution in [0.1, 0.15) is 18.4 Å². The molecule has 1 saturated carbocycles. The van der Waals surface area contributed by atoms with E-state index in [2.05, 4.69) is 32.6 Å². The van der Waals surface area contributed by atoms with E-state index in [-0.39, 0.29) is 0 Å². The summed E-state index contributed by atoms with van der Waals surface area (Å²) in [4.78, 5) is 5.58. The van der Waals surface area contributed by atoms with Gasteiger partial charge in [-0.15, -0.1) is 0 Å². The minimum atomic E-state index is 0.520. The molecule has 5 nitrogen and oxygen atoms in total. The SMILES string of the molecule is N#Cc1ccc(N(Sc2ccn3nccc3c2)C2CC2)nc1. The fraction of sp³-hybridized carbons (Fsp3) is 0.188. The van der Waals surface area contributed by atoms with E-state index in [0.717, 1.165) is 16.2 Å². The molecule has 3 aromatic heterocycles. The van der Waals surface area contributed by atoms with Gasteiger partial charge in [0.1, 0.15) is 11.9 Å². The summed E-state index contributed by atoms with van der Waals surface area (Å²) in [6.07, 6.45) is 7.76. The first-order chi connectivity index (χ1) is 10.8. The summed E-state index contributed by atoms with van der Waals surface area (Å²) in [5.74, 6) is 0.903. The number of fused-ring (bicyclic) bond motifs is 1. The van der Waals surface area contributed by atoms with Crippen LogP contribution in [0.15, 0.2) is 53.8 Å². The van der Waals surface area contributed by atoms with Gasteiger partial charge in [-0.1, -0.05) is 0 Å². The number of anilines is 1. The van der Waals surface area contributed by atoms with Gasteiger partial charge in [0.05, 0.1) is 11.1 Å². The maximum atomic E-state index is 8.89. The first-order valence-corrected chi connectivity index (χ1v) is 7.87. The summed E-state index contributed by atoms with van der Waals surface area (Å²) in [6, 6.07) is 12.5. The summed E-state index contributed by atoms with van der Waals surface area (Å²) < 4.78 is 4.09. The summed E-state index contributed by atoms with van der Waals surface area (Å²) >= 11 is 1.69. The molecular weight excluding hydrogens is 294 g/mol. The fourth-order valence-electron chi connectivity index (χ4n) is 2.27. The lowest BCUT2D eigenvalue weighted by Gasteiger charge is -2.21. The summed E-state index contributed by atoms with van der Waals surface area (Å²) in [5.41, 5.74) is 1.67. The van der Waals surface area contributed by atoms with E-state index in [0.29, 0.717) is 11.6 Å². The van der Waals surface area contributed by atoms with Crippen molar-refractivity contribution in [3.8, 4) is 6.07 Å². The third-order valence-corrected chi connectivity index (χ3v) is 4.70. The minimum Gasteiger partial charge on any atom is -0.293 e. The van der Waals surface area contributed by atoms with E-state index < -0.39 is 0 Å². The largest absolute Gasteiger partial charge is 0.293 e. The number of aromatic nitrogens is 3. The van der Waals surface area contributed by atoms with Gasteiger partial charge in [-0.2, -0.15) is 10.4 Å². The Morgan fingerprint density at radius 1 is 1.27 bits per heavy atom. The molecule has 6 heteroatoms. The first kappa shape index (κ1) is 13.2. The van der Waals surface area contributed by atoms with Gasteiger partial charge in [-0.25, -0.2) is 9.50 Å². The van der Waals surface area contributed by atoms with E-state index in [1.807, 2.05) is 28.9 Å². The highest BCUT2D eigenvalue weighted by Crippen LogP contribution is 2.39. The fourth-order valence-corrected chi connectivity index (χ4v) is 3.36. The van der Waals surface area contributed by atoms with Crippen molar-refractivity contribution in [2.45, 2.75) is 23.8 Å². The van der Waals surface area contributed by atoms with Gasteiger partial charge in [0.2, 0.25) is 0 Å². The van der Waals surface area contributed by atoms with Gasteiger partial charge in [0.15, 0.2) is 0 Å². The Morgan fingerprint density at radius 3 is 2.91 bits per heavy atom. The molecule has 0 unspecified atom stereocenters. The molecule has 0 saturated heterocycles. The number of rotatable bonds is 4. The normalized spacial score (nSPS) is 14.0. The Balaban J connectivity index is 1.62. The summed E-state index contributed by atoms with van der Waals surface area (Å²) in [5, 5.41) is 13.1. The van der Waals surface area contributed by atoms with Crippen molar-refractivity contribution >= 4 is 23.3 Å². The molecule has 0 N–H and O–H groups in total. The molecule has 0 atom stereocenters. The third kappa shape index (κ3) is 2.51. The van der Waals surface area contributed by atoms with Crippen LogP contribution in [0.25, 0.3) is 5.52 Å². The molecule has 3 heterocycles. The van der Waals surface area contributed by atoms with Crippen molar-refractivity contribution in [1.29, 1.82) is 5.26 Å². The maximum absolute atomic E-state index is 8.89. The van der Waals surface area contributed by atoms with E-state index in [1.54, 1.807) is 24.3 Å². The molecule has 108 valence electrons. The highest BCUT2D eigenvalue weighted by atomic mass is 32.2. The second-order valence-electron chi connectivity index (χ2n) is 5.23. The lowest BCUT2D eigenvalue weighted by Crippen LogP contribution is -2.17. The predicted octanol–water partition coefficient (Wildman–Crippen LogP) is 3.28. The number of nitrogens with zero attached hydrogens (tertiary/aromatic N) is 5. The maximum Gasteiger partial charge on any atom is 0.138 e. The van der Waals surface area contributed by atoms with Gasteiger partial charge in [-0.05, 0) is 55.1 Å². The van der Waals surface area contributed by atoms with Gasteiger partial charge >= 0.3 is 0 Å². The first-order valence-electron chi connectivity index (χ1n) is 7.10. The quantitative estimate of drug-likeness (QED) is 0.692. The van der Waals surface area contributed by atoms with Crippen molar-refractivity contribution in [3.63, 3.8) is 0 Å². The van der Waals surface area contributed by atoms with Crippen LogP contribution >= 0.6 is 11.9 Å². The van der Waals surface area contributed by atoms with E-state index >= 15 is 0 Å². The van der Waals surface area contributed by atoms with Gasteiger partial charge in [0.25, 0.3) is 0 Å². The molecular formula is C16H13N5S. The van der Waals surface area contributed by atoms with Crippen LogP contribution in [0.3, 0.4) is 0 Å². The van der Waals surface area contributed by atoms with Crippen molar-refractivity contribution in [3.05, 3.63) is 54.5 Å². The molecule has 22 heavy (non-hydrogen) atoms. The Labute approximate surface area is 132 Å². The lowest BCUT2D eigenvalue weighted by molar-refractivity contribution is 0.952. The second-order valence-corrected chi connectivity index (χ2v) is 6.28. The van der Waals surface area contributed by atoms with Crippen LogP contribution in [0, 0.1) is 11.3 Å². The zero-order valence-corrected chi connectivity index (χ0v) is 12.6. The number of hydrogen-bond donors (Lipinski definition) is 0.